The van der Waals surface area contributed by atoms with Crippen molar-refractivity contribution in [2.45, 2.75) is 45.5 Å². The Morgan fingerprint density at radius 2 is 2.10 bits per heavy atom. The highest BCUT2D eigenvalue weighted by Gasteiger charge is 2.28. The Bertz CT molecular complexity index is 435. The van der Waals surface area contributed by atoms with Gasteiger partial charge in [0.15, 0.2) is 0 Å². The SMILES string of the molecule is CCNC(CCOCC(F)(F)F)c1c(Br)cnn1C(C)C. The van der Waals surface area contributed by atoms with Crippen molar-refractivity contribution >= 4 is 15.9 Å². The van der Waals surface area contributed by atoms with Crippen LogP contribution in [0, 0.1) is 0 Å². The van der Waals surface area contributed by atoms with Gasteiger partial charge in [-0.3, -0.25) is 4.68 Å². The summed E-state index contributed by atoms with van der Waals surface area (Å²) in [5.41, 5.74) is 0.933. The van der Waals surface area contributed by atoms with Gasteiger partial charge in [0.05, 0.1) is 22.4 Å². The molecule has 1 rings (SSSR count). The molecule has 0 aliphatic heterocycles. The molecule has 1 heterocycles. The molecule has 122 valence electrons. The molecule has 0 aromatic carbocycles. The first-order valence-corrected chi connectivity index (χ1v) is 7.66. The molecular weight excluding hydrogens is 351 g/mol. The van der Waals surface area contributed by atoms with Gasteiger partial charge in [0.1, 0.15) is 6.61 Å². The van der Waals surface area contributed by atoms with E-state index in [-0.39, 0.29) is 18.7 Å². The van der Waals surface area contributed by atoms with E-state index in [2.05, 4.69) is 26.3 Å². The van der Waals surface area contributed by atoms with E-state index in [0.717, 1.165) is 10.2 Å². The van der Waals surface area contributed by atoms with Gasteiger partial charge in [-0.2, -0.15) is 18.3 Å². The molecule has 0 saturated heterocycles. The second-order valence-electron chi connectivity index (χ2n) is 4.98. The number of hydrogen-bond donors (Lipinski definition) is 1. The molecule has 0 bridgehead atoms. The van der Waals surface area contributed by atoms with Crippen LogP contribution in [0.15, 0.2) is 10.7 Å². The molecular formula is C13H21BrF3N3O. The molecule has 1 aromatic rings. The van der Waals surface area contributed by atoms with Crippen molar-refractivity contribution in [3.63, 3.8) is 0 Å². The normalized spacial score (nSPS) is 13.9. The molecule has 1 unspecified atom stereocenters. The lowest BCUT2D eigenvalue weighted by Crippen LogP contribution is -2.27. The van der Waals surface area contributed by atoms with Crippen molar-refractivity contribution in [2.24, 2.45) is 0 Å². The van der Waals surface area contributed by atoms with Crippen molar-refractivity contribution in [1.29, 1.82) is 0 Å². The Morgan fingerprint density at radius 3 is 2.62 bits per heavy atom. The number of aromatic nitrogens is 2. The average Bonchev–Trinajstić information content (AvgIpc) is 2.74. The summed E-state index contributed by atoms with van der Waals surface area (Å²) in [7, 11) is 0. The van der Waals surface area contributed by atoms with E-state index in [9.17, 15) is 13.2 Å². The maximum atomic E-state index is 12.1. The van der Waals surface area contributed by atoms with E-state index in [0.29, 0.717) is 13.0 Å². The lowest BCUT2D eigenvalue weighted by Gasteiger charge is -2.22. The van der Waals surface area contributed by atoms with Gasteiger partial charge in [-0.1, -0.05) is 6.92 Å². The van der Waals surface area contributed by atoms with Gasteiger partial charge in [0, 0.05) is 12.6 Å². The van der Waals surface area contributed by atoms with Crippen LogP contribution in [0.2, 0.25) is 0 Å². The number of nitrogens with one attached hydrogen (secondary N) is 1. The molecule has 1 N–H and O–H groups in total. The van der Waals surface area contributed by atoms with Crippen LogP contribution < -0.4 is 5.32 Å². The molecule has 0 fully saturated rings. The first kappa shape index (κ1) is 18.4. The largest absolute Gasteiger partial charge is 0.411 e. The number of halogens is 4. The lowest BCUT2D eigenvalue weighted by atomic mass is 10.1. The topological polar surface area (TPSA) is 39.1 Å². The molecule has 0 aliphatic rings. The number of nitrogens with zero attached hydrogens (tertiary/aromatic N) is 2. The summed E-state index contributed by atoms with van der Waals surface area (Å²) in [6.07, 6.45) is -2.13. The Hall–Kier alpha value is -0.600. The fourth-order valence-electron chi connectivity index (χ4n) is 2.06. The van der Waals surface area contributed by atoms with Gasteiger partial charge in [-0.05, 0) is 42.7 Å². The predicted octanol–water partition coefficient (Wildman–Crippen LogP) is 3.85. The molecule has 0 spiro atoms. The van der Waals surface area contributed by atoms with E-state index >= 15 is 0 Å². The van der Waals surface area contributed by atoms with Crippen LogP contribution in [-0.4, -0.2) is 35.7 Å². The van der Waals surface area contributed by atoms with Crippen molar-refractivity contribution < 1.29 is 17.9 Å². The van der Waals surface area contributed by atoms with Gasteiger partial charge in [0.2, 0.25) is 0 Å². The first-order chi connectivity index (χ1) is 9.76. The minimum absolute atomic E-state index is 0.0346. The summed E-state index contributed by atoms with van der Waals surface area (Å²) < 4.78 is 43.6. The molecule has 8 heteroatoms. The molecule has 4 nitrogen and oxygen atoms in total. The van der Waals surface area contributed by atoms with Gasteiger partial charge >= 0.3 is 6.18 Å². The van der Waals surface area contributed by atoms with Crippen LogP contribution in [0.4, 0.5) is 13.2 Å². The smallest absolute Gasteiger partial charge is 0.372 e. The van der Waals surface area contributed by atoms with Crippen molar-refractivity contribution in [3.8, 4) is 0 Å². The molecule has 1 aromatic heterocycles. The van der Waals surface area contributed by atoms with E-state index in [1.165, 1.54) is 0 Å². The number of rotatable bonds is 8. The third kappa shape index (κ3) is 5.96. The molecule has 0 amide bonds. The predicted molar refractivity (Wildman–Crippen MR) is 78.2 cm³/mol. The van der Waals surface area contributed by atoms with Gasteiger partial charge in [-0.25, -0.2) is 0 Å². The Morgan fingerprint density at radius 1 is 1.43 bits per heavy atom. The Kier molecular flexibility index (Phi) is 7.15. The minimum atomic E-state index is -4.28. The van der Waals surface area contributed by atoms with Crippen molar-refractivity contribution in [3.05, 3.63) is 16.4 Å². The Balaban J connectivity index is 2.71. The summed E-state index contributed by atoms with van der Waals surface area (Å²) in [5, 5.41) is 7.56. The van der Waals surface area contributed by atoms with E-state index < -0.39 is 12.8 Å². The summed E-state index contributed by atoms with van der Waals surface area (Å²) in [6.45, 7) is 5.49. The van der Waals surface area contributed by atoms with Gasteiger partial charge < -0.3 is 10.1 Å². The van der Waals surface area contributed by atoms with Crippen molar-refractivity contribution in [2.75, 3.05) is 19.8 Å². The zero-order valence-electron chi connectivity index (χ0n) is 12.4. The first-order valence-electron chi connectivity index (χ1n) is 6.87. The van der Waals surface area contributed by atoms with E-state index in [4.69, 9.17) is 4.74 Å². The van der Waals surface area contributed by atoms with Crippen LogP contribution >= 0.6 is 15.9 Å². The molecule has 0 saturated carbocycles. The van der Waals surface area contributed by atoms with Gasteiger partial charge in [-0.15, -0.1) is 0 Å². The molecule has 0 aliphatic carbocycles. The van der Waals surface area contributed by atoms with Gasteiger partial charge in [0.25, 0.3) is 0 Å². The van der Waals surface area contributed by atoms with Crippen LogP contribution in [0.1, 0.15) is 45.0 Å². The third-order valence-electron chi connectivity index (χ3n) is 2.87. The Labute approximate surface area is 131 Å². The standard InChI is InChI=1S/C13H21BrF3N3O/c1-4-18-11(5-6-21-8-13(15,16)17)12-10(14)7-19-20(12)9(2)3/h7,9,11,18H,4-6,8H2,1-3H3. The zero-order valence-corrected chi connectivity index (χ0v) is 14.0. The van der Waals surface area contributed by atoms with E-state index in [1.807, 2.05) is 25.5 Å². The highest BCUT2D eigenvalue weighted by molar-refractivity contribution is 9.10. The molecule has 21 heavy (non-hydrogen) atoms. The monoisotopic (exact) mass is 371 g/mol. The second-order valence-corrected chi connectivity index (χ2v) is 5.84. The summed E-state index contributed by atoms with van der Waals surface area (Å²) >= 11 is 3.45. The third-order valence-corrected chi connectivity index (χ3v) is 3.48. The van der Waals surface area contributed by atoms with Crippen molar-refractivity contribution in [1.82, 2.24) is 15.1 Å². The fraction of sp³-hybridized carbons (Fsp3) is 0.769. The number of ether oxygens (including phenoxy) is 1. The van der Waals surface area contributed by atoms with Crippen LogP contribution in [0.3, 0.4) is 0 Å². The highest BCUT2D eigenvalue weighted by Crippen LogP contribution is 2.28. The summed E-state index contributed by atoms with van der Waals surface area (Å²) in [5.74, 6) is 0. The number of alkyl halides is 3. The molecule has 1 atom stereocenters. The summed E-state index contributed by atoms with van der Waals surface area (Å²) in [6, 6.07) is 0.0612. The minimum Gasteiger partial charge on any atom is -0.372 e. The highest BCUT2D eigenvalue weighted by atomic mass is 79.9. The average molecular weight is 372 g/mol. The lowest BCUT2D eigenvalue weighted by molar-refractivity contribution is -0.174. The quantitative estimate of drug-likeness (QED) is 0.705. The second kappa shape index (κ2) is 8.14. The van der Waals surface area contributed by atoms with Crippen LogP contribution in [0.5, 0.6) is 0 Å². The van der Waals surface area contributed by atoms with E-state index in [1.54, 1.807) is 6.20 Å². The maximum absolute atomic E-state index is 12.1. The zero-order chi connectivity index (χ0) is 16.0. The number of hydrogen-bond acceptors (Lipinski definition) is 3. The van der Waals surface area contributed by atoms with Crippen LogP contribution in [0.25, 0.3) is 0 Å². The molecule has 0 radical (unpaired) electrons. The maximum Gasteiger partial charge on any atom is 0.411 e. The summed E-state index contributed by atoms with van der Waals surface area (Å²) in [4.78, 5) is 0. The van der Waals surface area contributed by atoms with Crippen LogP contribution in [-0.2, 0) is 4.74 Å². The fourth-order valence-corrected chi connectivity index (χ4v) is 2.61.